The van der Waals surface area contributed by atoms with Gasteiger partial charge >= 0.3 is 0 Å². The normalized spacial score (nSPS) is 17.5. The molecule has 0 spiro atoms. The van der Waals surface area contributed by atoms with E-state index in [0.29, 0.717) is 12.6 Å². The van der Waals surface area contributed by atoms with Crippen molar-refractivity contribution in [3.8, 4) is 0 Å². The summed E-state index contributed by atoms with van der Waals surface area (Å²) >= 11 is 0. The van der Waals surface area contributed by atoms with Crippen molar-refractivity contribution >= 4 is 5.96 Å². The van der Waals surface area contributed by atoms with Gasteiger partial charge in [-0.15, -0.1) is 0 Å². The van der Waals surface area contributed by atoms with Crippen molar-refractivity contribution in [1.29, 1.82) is 0 Å². The third-order valence-electron chi connectivity index (χ3n) is 3.45. The van der Waals surface area contributed by atoms with E-state index in [2.05, 4.69) is 48.7 Å². The first-order chi connectivity index (χ1) is 10.2. The van der Waals surface area contributed by atoms with E-state index in [1.54, 1.807) is 0 Å². The van der Waals surface area contributed by atoms with Crippen LogP contribution in [0.3, 0.4) is 0 Å². The van der Waals surface area contributed by atoms with Crippen LogP contribution in [0.15, 0.2) is 17.1 Å². The zero-order valence-electron chi connectivity index (χ0n) is 14.1. The van der Waals surface area contributed by atoms with Crippen molar-refractivity contribution in [3.63, 3.8) is 0 Å². The quantitative estimate of drug-likeness (QED) is 0.386. The molecular formula is C16H32N4O. The fourth-order valence-electron chi connectivity index (χ4n) is 2.31. The molecule has 1 atom stereocenters. The number of hydrogen-bond donors (Lipinski definition) is 2. The number of nitrogens with zero attached hydrogens (tertiary/aromatic N) is 2. The maximum absolute atomic E-state index is 5.79. The van der Waals surface area contributed by atoms with Crippen LogP contribution >= 0.6 is 0 Å². The number of guanidine groups is 1. The maximum atomic E-state index is 5.79. The van der Waals surface area contributed by atoms with Crippen LogP contribution in [0.25, 0.3) is 0 Å². The van der Waals surface area contributed by atoms with Crippen LogP contribution in [0.5, 0.6) is 0 Å². The number of aliphatic imine (C=N–C) groups is 1. The molecule has 0 bridgehead atoms. The Hall–Kier alpha value is -1.07. The van der Waals surface area contributed by atoms with E-state index in [1.165, 1.54) is 0 Å². The minimum Gasteiger partial charge on any atom is -0.377 e. The van der Waals surface area contributed by atoms with Crippen molar-refractivity contribution in [2.24, 2.45) is 4.99 Å². The zero-order valence-corrected chi connectivity index (χ0v) is 14.1. The molecule has 122 valence electrons. The molecule has 1 aliphatic carbocycles. The average molecular weight is 296 g/mol. The molecule has 1 unspecified atom stereocenters. The summed E-state index contributed by atoms with van der Waals surface area (Å²) < 4.78 is 5.79. The molecule has 1 aliphatic rings. The van der Waals surface area contributed by atoms with Crippen molar-refractivity contribution in [3.05, 3.63) is 12.2 Å². The third kappa shape index (κ3) is 8.07. The Labute approximate surface area is 129 Å². The van der Waals surface area contributed by atoms with Gasteiger partial charge in [0, 0.05) is 25.7 Å². The summed E-state index contributed by atoms with van der Waals surface area (Å²) in [7, 11) is 4.18. The Morgan fingerprint density at radius 3 is 2.62 bits per heavy atom. The molecule has 0 fully saturated rings. The van der Waals surface area contributed by atoms with E-state index < -0.39 is 0 Å². The predicted octanol–water partition coefficient (Wildman–Crippen LogP) is 1.62. The third-order valence-corrected chi connectivity index (χ3v) is 3.45. The van der Waals surface area contributed by atoms with Gasteiger partial charge in [0.25, 0.3) is 0 Å². The lowest BCUT2D eigenvalue weighted by molar-refractivity contribution is 0.0582. The Morgan fingerprint density at radius 1 is 1.33 bits per heavy atom. The maximum Gasteiger partial charge on any atom is 0.191 e. The SMILES string of the molecule is CCNC(=NCC(CCN(C)C)OCC)NC1CC=CC1. The van der Waals surface area contributed by atoms with E-state index in [0.717, 1.165) is 44.9 Å². The topological polar surface area (TPSA) is 48.9 Å². The molecule has 1 rings (SSSR count). The van der Waals surface area contributed by atoms with Crippen molar-refractivity contribution in [2.45, 2.75) is 45.3 Å². The first-order valence-electron chi connectivity index (χ1n) is 8.11. The van der Waals surface area contributed by atoms with Crippen LogP contribution in [-0.2, 0) is 4.74 Å². The largest absolute Gasteiger partial charge is 0.377 e. The van der Waals surface area contributed by atoms with E-state index in [1.807, 2.05) is 6.92 Å². The number of hydrogen-bond acceptors (Lipinski definition) is 3. The van der Waals surface area contributed by atoms with Crippen LogP contribution in [0.4, 0.5) is 0 Å². The van der Waals surface area contributed by atoms with Gasteiger partial charge in [-0.2, -0.15) is 0 Å². The predicted molar refractivity (Wildman–Crippen MR) is 89.9 cm³/mol. The molecule has 0 aromatic rings. The van der Waals surface area contributed by atoms with Gasteiger partial charge in [-0.05, 0) is 47.2 Å². The Kier molecular flexibility index (Phi) is 9.10. The summed E-state index contributed by atoms with van der Waals surface area (Å²) in [5.41, 5.74) is 0. The lowest BCUT2D eigenvalue weighted by Gasteiger charge is -2.20. The highest BCUT2D eigenvalue weighted by Crippen LogP contribution is 2.09. The number of ether oxygens (including phenoxy) is 1. The molecule has 0 amide bonds. The fraction of sp³-hybridized carbons (Fsp3) is 0.812. The van der Waals surface area contributed by atoms with Gasteiger partial charge in [0.2, 0.25) is 0 Å². The molecule has 0 saturated carbocycles. The zero-order chi connectivity index (χ0) is 15.5. The monoisotopic (exact) mass is 296 g/mol. The highest BCUT2D eigenvalue weighted by Gasteiger charge is 2.13. The summed E-state index contributed by atoms with van der Waals surface area (Å²) in [5, 5.41) is 6.81. The molecule has 21 heavy (non-hydrogen) atoms. The van der Waals surface area contributed by atoms with Crippen LogP contribution in [0, 0.1) is 0 Å². The van der Waals surface area contributed by atoms with Gasteiger partial charge in [-0.25, -0.2) is 0 Å². The second-order valence-electron chi connectivity index (χ2n) is 5.67. The lowest BCUT2D eigenvalue weighted by Crippen LogP contribution is -2.43. The fourth-order valence-corrected chi connectivity index (χ4v) is 2.31. The first kappa shape index (κ1) is 18.0. The van der Waals surface area contributed by atoms with Crippen molar-refractivity contribution in [1.82, 2.24) is 15.5 Å². The molecule has 0 saturated heterocycles. The van der Waals surface area contributed by atoms with Crippen LogP contribution in [0.1, 0.15) is 33.1 Å². The molecule has 2 N–H and O–H groups in total. The molecule has 5 heteroatoms. The molecule has 0 aliphatic heterocycles. The molecule has 5 nitrogen and oxygen atoms in total. The lowest BCUT2D eigenvalue weighted by atomic mass is 10.2. The number of nitrogens with one attached hydrogen (secondary N) is 2. The minimum absolute atomic E-state index is 0.189. The first-order valence-corrected chi connectivity index (χ1v) is 8.11. The van der Waals surface area contributed by atoms with Crippen LogP contribution < -0.4 is 10.6 Å². The second-order valence-corrected chi connectivity index (χ2v) is 5.67. The molecule has 0 aromatic carbocycles. The number of rotatable bonds is 9. The Balaban J connectivity index is 2.47. The van der Waals surface area contributed by atoms with E-state index in [-0.39, 0.29) is 6.10 Å². The van der Waals surface area contributed by atoms with Gasteiger partial charge < -0.3 is 20.3 Å². The smallest absolute Gasteiger partial charge is 0.191 e. The second kappa shape index (κ2) is 10.6. The molecular weight excluding hydrogens is 264 g/mol. The average Bonchev–Trinajstić information content (AvgIpc) is 2.94. The van der Waals surface area contributed by atoms with Crippen LogP contribution in [0.2, 0.25) is 0 Å². The summed E-state index contributed by atoms with van der Waals surface area (Å²) in [6.07, 6.45) is 7.81. The van der Waals surface area contributed by atoms with Crippen LogP contribution in [-0.4, -0.2) is 63.3 Å². The van der Waals surface area contributed by atoms with Gasteiger partial charge in [-0.1, -0.05) is 12.2 Å². The van der Waals surface area contributed by atoms with Gasteiger partial charge in [-0.3, -0.25) is 4.99 Å². The van der Waals surface area contributed by atoms with E-state index >= 15 is 0 Å². The summed E-state index contributed by atoms with van der Waals surface area (Å²) in [5.74, 6) is 0.903. The molecule has 0 aromatic heterocycles. The molecule has 0 heterocycles. The summed E-state index contributed by atoms with van der Waals surface area (Å²) in [6.45, 7) is 7.48. The highest BCUT2D eigenvalue weighted by atomic mass is 16.5. The Morgan fingerprint density at radius 2 is 2.05 bits per heavy atom. The van der Waals surface area contributed by atoms with Gasteiger partial charge in [0.05, 0.1) is 12.6 Å². The summed E-state index contributed by atoms with van der Waals surface area (Å²) in [6, 6.07) is 0.482. The van der Waals surface area contributed by atoms with Crippen molar-refractivity contribution < 1.29 is 4.74 Å². The minimum atomic E-state index is 0.189. The highest BCUT2D eigenvalue weighted by molar-refractivity contribution is 5.80. The van der Waals surface area contributed by atoms with E-state index in [4.69, 9.17) is 9.73 Å². The van der Waals surface area contributed by atoms with Gasteiger partial charge in [0.15, 0.2) is 5.96 Å². The molecule has 0 radical (unpaired) electrons. The summed E-state index contributed by atoms with van der Waals surface area (Å²) in [4.78, 5) is 6.88. The standard InChI is InChI=1S/C16H32N4O/c1-5-17-16(19-14-9-7-8-10-14)18-13-15(21-6-2)11-12-20(3)4/h7-8,14-15H,5-6,9-13H2,1-4H3,(H2,17,18,19). The Bertz CT molecular complexity index is 320. The van der Waals surface area contributed by atoms with E-state index in [9.17, 15) is 0 Å². The van der Waals surface area contributed by atoms with Crippen molar-refractivity contribution in [2.75, 3.05) is 40.3 Å². The van der Waals surface area contributed by atoms with Gasteiger partial charge in [0.1, 0.15) is 0 Å².